The molecule has 0 aromatic carbocycles. The number of nitrogens with zero attached hydrogens (tertiary/aromatic N) is 1. The van der Waals surface area contributed by atoms with Crippen molar-refractivity contribution in [3.05, 3.63) is 0 Å². The molecule has 1 heterocycles. The average molecular weight is 244 g/mol. The van der Waals surface area contributed by atoms with Crippen LogP contribution in [0.15, 0.2) is 0 Å². The standard InChI is InChI=1S/C12H24N2O3/c1-10(2)8-14(5-3-4-13)12(15)11-9-16-6-7-17-11/h10-11H,3-9,13H2,1-2H3. The number of hydrogen-bond donors (Lipinski definition) is 1. The molecule has 1 amide bonds. The van der Waals surface area contributed by atoms with E-state index in [0.29, 0.717) is 38.8 Å². The molecule has 0 spiro atoms. The Kier molecular flexibility index (Phi) is 6.47. The highest BCUT2D eigenvalue weighted by atomic mass is 16.6. The lowest BCUT2D eigenvalue weighted by atomic mass is 10.2. The third-order valence-corrected chi connectivity index (χ3v) is 2.62. The summed E-state index contributed by atoms with van der Waals surface area (Å²) in [5.74, 6) is 0.480. The quantitative estimate of drug-likeness (QED) is 0.726. The van der Waals surface area contributed by atoms with Crippen molar-refractivity contribution in [1.29, 1.82) is 0 Å². The normalized spacial score (nSPS) is 20.6. The fourth-order valence-corrected chi connectivity index (χ4v) is 1.85. The predicted octanol–water partition coefficient (Wildman–Crippen LogP) is 0.235. The highest BCUT2D eigenvalue weighted by molar-refractivity contribution is 5.81. The molecule has 1 saturated heterocycles. The number of carbonyl (C=O) groups is 1. The molecule has 1 unspecified atom stereocenters. The Morgan fingerprint density at radius 1 is 1.47 bits per heavy atom. The Bertz CT molecular complexity index is 228. The highest BCUT2D eigenvalue weighted by Crippen LogP contribution is 2.08. The number of amides is 1. The van der Waals surface area contributed by atoms with Gasteiger partial charge in [-0.05, 0) is 18.9 Å². The lowest BCUT2D eigenvalue weighted by Crippen LogP contribution is -2.47. The zero-order valence-corrected chi connectivity index (χ0v) is 10.9. The molecule has 1 rings (SSSR count). The molecule has 0 aliphatic carbocycles. The molecule has 1 aliphatic rings. The van der Waals surface area contributed by atoms with E-state index in [-0.39, 0.29) is 5.91 Å². The Hall–Kier alpha value is -0.650. The third kappa shape index (κ3) is 5.02. The van der Waals surface area contributed by atoms with Gasteiger partial charge in [-0.3, -0.25) is 4.79 Å². The maximum Gasteiger partial charge on any atom is 0.254 e. The van der Waals surface area contributed by atoms with E-state index in [9.17, 15) is 4.79 Å². The van der Waals surface area contributed by atoms with E-state index in [0.717, 1.165) is 13.0 Å². The molecule has 5 heteroatoms. The van der Waals surface area contributed by atoms with Crippen molar-refractivity contribution in [3.63, 3.8) is 0 Å². The monoisotopic (exact) mass is 244 g/mol. The van der Waals surface area contributed by atoms with E-state index in [2.05, 4.69) is 13.8 Å². The predicted molar refractivity (Wildman–Crippen MR) is 65.6 cm³/mol. The van der Waals surface area contributed by atoms with Crippen molar-refractivity contribution in [3.8, 4) is 0 Å². The van der Waals surface area contributed by atoms with Crippen molar-refractivity contribution in [2.75, 3.05) is 39.5 Å². The highest BCUT2D eigenvalue weighted by Gasteiger charge is 2.27. The van der Waals surface area contributed by atoms with Crippen LogP contribution < -0.4 is 5.73 Å². The fourth-order valence-electron chi connectivity index (χ4n) is 1.85. The first kappa shape index (κ1) is 14.4. The average Bonchev–Trinajstić information content (AvgIpc) is 2.34. The summed E-state index contributed by atoms with van der Waals surface area (Å²) in [4.78, 5) is 14.1. The van der Waals surface area contributed by atoms with Crippen LogP contribution in [0.25, 0.3) is 0 Å². The molecule has 1 fully saturated rings. The van der Waals surface area contributed by atoms with Gasteiger partial charge in [-0.25, -0.2) is 0 Å². The van der Waals surface area contributed by atoms with Crippen LogP contribution in [0.4, 0.5) is 0 Å². The molecular weight excluding hydrogens is 220 g/mol. The van der Waals surface area contributed by atoms with E-state index in [1.54, 1.807) is 0 Å². The van der Waals surface area contributed by atoms with Gasteiger partial charge in [-0.2, -0.15) is 0 Å². The molecule has 1 aliphatic heterocycles. The molecule has 17 heavy (non-hydrogen) atoms. The molecule has 0 radical (unpaired) electrons. The van der Waals surface area contributed by atoms with Crippen LogP contribution in [-0.2, 0) is 14.3 Å². The van der Waals surface area contributed by atoms with Gasteiger partial charge in [-0.15, -0.1) is 0 Å². The van der Waals surface area contributed by atoms with Gasteiger partial charge in [0.05, 0.1) is 19.8 Å². The maximum absolute atomic E-state index is 12.2. The van der Waals surface area contributed by atoms with E-state index in [1.165, 1.54) is 0 Å². The summed E-state index contributed by atoms with van der Waals surface area (Å²) in [5, 5.41) is 0. The summed E-state index contributed by atoms with van der Waals surface area (Å²) in [5.41, 5.74) is 5.49. The minimum atomic E-state index is -0.430. The molecule has 0 aromatic rings. The van der Waals surface area contributed by atoms with Crippen LogP contribution >= 0.6 is 0 Å². The van der Waals surface area contributed by atoms with Gasteiger partial charge >= 0.3 is 0 Å². The first-order valence-electron chi connectivity index (χ1n) is 6.33. The summed E-state index contributed by atoms with van der Waals surface area (Å²) in [7, 11) is 0. The first-order valence-corrected chi connectivity index (χ1v) is 6.33. The number of nitrogens with two attached hydrogens (primary N) is 1. The zero-order chi connectivity index (χ0) is 12.7. The maximum atomic E-state index is 12.2. The van der Waals surface area contributed by atoms with Gasteiger partial charge in [0.25, 0.3) is 5.91 Å². The van der Waals surface area contributed by atoms with Gasteiger partial charge in [-0.1, -0.05) is 13.8 Å². The summed E-state index contributed by atoms with van der Waals surface area (Å²) in [6, 6.07) is 0. The van der Waals surface area contributed by atoms with E-state index >= 15 is 0 Å². The molecule has 5 nitrogen and oxygen atoms in total. The second-order valence-electron chi connectivity index (χ2n) is 4.75. The lowest BCUT2D eigenvalue weighted by Gasteiger charge is -2.30. The van der Waals surface area contributed by atoms with Gasteiger partial charge in [0.2, 0.25) is 0 Å². The first-order chi connectivity index (χ1) is 8.15. The molecular formula is C12H24N2O3. The number of hydrogen-bond acceptors (Lipinski definition) is 4. The van der Waals surface area contributed by atoms with Crippen LogP contribution in [0, 0.1) is 5.92 Å². The Labute approximate surface area is 103 Å². The SMILES string of the molecule is CC(C)CN(CCCN)C(=O)C1COCCO1. The largest absolute Gasteiger partial charge is 0.376 e. The number of carbonyl (C=O) groups excluding carboxylic acids is 1. The Morgan fingerprint density at radius 2 is 2.24 bits per heavy atom. The smallest absolute Gasteiger partial charge is 0.254 e. The van der Waals surface area contributed by atoms with E-state index < -0.39 is 6.10 Å². The molecule has 0 saturated carbocycles. The fraction of sp³-hybridized carbons (Fsp3) is 0.917. The molecule has 1 atom stereocenters. The lowest BCUT2D eigenvalue weighted by molar-refractivity contribution is -0.158. The van der Waals surface area contributed by atoms with Crippen LogP contribution in [0.2, 0.25) is 0 Å². The summed E-state index contributed by atoms with van der Waals surface area (Å²) in [6.07, 6.45) is 0.395. The van der Waals surface area contributed by atoms with Gasteiger partial charge < -0.3 is 20.1 Å². The van der Waals surface area contributed by atoms with Crippen molar-refractivity contribution in [2.45, 2.75) is 26.4 Å². The van der Waals surface area contributed by atoms with Crippen LogP contribution in [0.5, 0.6) is 0 Å². The van der Waals surface area contributed by atoms with Gasteiger partial charge in [0.15, 0.2) is 6.10 Å². The van der Waals surface area contributed by atoms with Crippen molar-refractivity contribution < 1.29 is 14.3 Å². The zero-order valence-electron chi connectivity index (χ0n) is 10.9. The van der Waals surface area contributed by atoms with Crippen LogP contribution in [-0.4, -0.2) is 56.4 Å². The number of rotatable bonds is 6. The van der Waals surface area contributed by atoms with Gasteiger partial charge in [0.1, 0.15) is 0 Å². The van der Waals surface area contributed by atoms with E-state index in [1.807, 2.05) is 4.90 Å². The van der Waals surface area contributed by atoms with Crippen molar-refractivity contribution in [2.24, 2.45) is 11.7 Å². The second kappa shape index (κ2) is 7.63. The van der Waals surface area contributed by atoms with Crippen LogP contribution in [0.1, 0.15) is 20.3 Å². The summed E-state index contributed by atoms with van der Waals surface area (Å²) >= 11 is 0. The molecule has 100 valence electrons. The summed E-state index contributed by atoms with van der Waals surface area (Å²) < 4.78 is 10.7. The minimum absolute atomic E-state index is 0.0341. The second-order valence-corrected chi connectivity index (χ2v) is 4.75. The Balaban J connectivity index is 2.50. The third-order valence-electron chi connectivity index (χ3n) is 2.62. The van der Waals surface area contributed by atoms with Crippen molar-refractivity contribution >= 4 is 5.91 Å². The van der Waals surface area contributed by atoms with Crippen LogP contribution in [0.3, 0.4) is 0 Å². The molecule has 0 bridgehead atoms. The summed E-state index contributed by atoms with van der Waals surface area (Å²) in [6.45, 7) is 7.70. The number of ether oxygens (including phenoxy) is 2. The molecule has 0 aromatic heterocycles. The van der Waals surface area contributed by atoms with Gasteiger partial charge in [0, 0.05) is 13.1 Å². The topological polar surface area (TPSA) is 64.8 Å². The van der Waals surface area contributed by atoms with E-state index in [4.69, 9.17) is 15.2 Å². The van der Waals surface area contributed by atoms with Crippen molar-refractivity contribution in [1.82, 2.24) is 4.90 Å². The molecule has 2 N–H and O–H groups in total. The minimum Gasteiger partial charge on any atom is -0.376 e. The Morgan fingerprint density at radius 3 is 2.76 bits per heavy atom.